The van der Waals surface area contributed by atoms with Gasteiger partial charge in [-0.2, -0.15) is 4.31 Å². The number of sulfonamides is 1. The Bertz CT molecular complexity index is 838. The molecule has 0 atom stereocenters. The highest BCUT2D eigenvalue weighted by molar-refractivity contribution is 7.88. The van der Waals surface area contributed by atoms with Gasteiger partial charge in [0, 0.05) is 23.3 Å². The first kappa shape index (κ1) is 19.2. The molecular formula is C17H19ClN2O4S. The molecule has 1 N–H and O–H groups in total. The molecule has 0 radical (unpaired) electrons. The lowest BCUT2D eigenvalue weighted by atomic mass is 10.2. The van der Waals surface area contributed by atoms with Crippen molar-refractivity contribution in [3.63, 3.8) is 0 Å². The number of ether oxygens (including phenoxy) is 1. The molecule has 0 bridgehead atoms. The van der Waals surface area contributed by atoms with Crippen LogP contribution in [-0.2, 0) is 21.4 Å². The van der Waals surface area contributed by atoms with Gasteiger partial charge in [0.1, 0.15) is 5.75 Å². The fraction of sp³-hybridized carbons (Fsp3) is 0.235. The number of nitrogens with zero attached hydrogens (tertiary/aromatic N) is 1. The van der Waals surface area contributed by atoms with E-state index in [9.17, 15) is 13.2 Å². The van der Waals surface area contributed by atoms with Crippen LogP contribution in [0.25, 0.3) is 0 Å². The van der Waals surface area contributed by atoms with Crippen LogP contribution < -0.4 is 10.1 Å². The van der Waals surface area contributed by atoms with Crippen LogP contribution in [-0.4, -0.2) is 38.5 Å². The molecular weight excluding hydrogens is 364 g/mol. The molecule has 0 saturated heterocycles. The van der Waals surface area contributed by atoms with Crippen LogP contribution in [0.4, 0.5) is 5.69 Å². The van der Waals surface area contributed by atoms with Crippen molar-refractivity contribution in [2.24, 2.45) is 0 Å². The standard InChI is InChI=1S/C17H19ClN2O4S/c1-24-16-5-3-4-15(10-16)19-17(21)12-20(25(2,22)23)11-13-6-8-14(18)9-7-13/h3-10H,11-12H2,1-2H3,(H,19,21). The van der Waals surface area contributed by atoms with E-state index in [1.165, 1.54) is 7.11 Å². The molecule has 134 valence electrons. The van der Waals surface area contributed by atoms with Crippen LogP contribution in [0.1, 0.15) is 5.56 Å². The summed E-state index contributed by atoms with van der Waals surface area (Å²) in [5, 5.41) is 3.23. The second kappa shape index (κ2) is 8.33. The molecule has 1 amide bonds. The number of rotatable bonds is 7. The van der Waals surface area contributed by atoms with E-state index in [2.05, 4.69) is 5.32 Å². The lowest BCUT2D eigenvalue weighted by Gasteiger charge is -2.19. The van der Waals surface area contributed by atoms with Gasteiger partial charge in [-0.05, 0) is 29.8 Å². The largest absolute Gasteiger partial charge is 0.497 e. The third-order valence-corrected chi connectivity index (χ3v) is 4.86. The molecule has 0 spiro atoms. The molecule has 8 heteroatoms. The third-order valence-electron chi connectivity index (χ3n) is 3.41. The predicted octanol–water partition coefficient (Wildman–Crippen LogP) is 2.75. The lowest BCUT2D eigenvalue weighted by Crippen LogP contribution is -2.36. The van der Waals surface area contributed by atoms with Crippen molar-refractivity contribution in [2.75, 3.05) is 25.2 Å². The molecule has 0 fully saturated rings. The van der Waals surface area contributed by atoms with Crippen molar-refractivity contribution < 1.29 is 17.9 Å². The Labute approximate surface area is 152 Å². The second-order valence-electron chi connectivity index (χ2n) is 5.44. The highest BCUT2D eigenvalue weighted by Gasteiger charge is 2.20. The van der Waals surface area contributed by atoms with Crippen LogP contribution in [0.2, 0.25) is 5.02 Å². The van der Waals surface area contributed by atoms with Gasteiger partial charge in [-0.3, -0.25) is 4.79 Å². The van der Waals surface area contributed by atoms with E-state index in [-0.39, 0.29) is 13.1 Å². The Balaban J connectivity index is 2.08. The summed E-state index contributed by atoms with van der Waals surface area (Å²) in [6.45, 7) is -0.208. The van der Waals surface area contributed by atoms with Crippen molar-refractivity contribution in [2.45, 2.75) is 6.54 Å². The van der Waals surface area contributed by atoms with Crippen LogP contribution >= 0.6 is 11.6 Å². The fourth-order valence-electron chi connectivity index (χ4n) is 2.15. The maximum absolute atomic E-state index is 12.2. The van der Waals surface area contributed by atoms with Crippen molar-refractivity contribution >= 4 is 33.2 Å². The first-order chi connectivity index (χ1) is 11.8. The molecule has 0 unspecified atom stereocenters. The van der Waals surface area contributed by atoms with E-state index in [0.29, 0.717) is 16.5 Å². The first-order valence-electron chi connectivity index (χ1n) is 7.41. The number of hydrogen-bond donors (Lipinski definition) is 1. The second-order valence-corrected chi connectivity index (χ2v) is 7.86. The SMILES string of the molecule is COc1cccc(NC(=O)CN(Cc2ccc(Cl)cc2)S(C)(=O)=O)c1. The summed E-state index contributed by atoms with van der Waals surface area (Å²) in [5.74, 6) is 0.159. The van der Waals surface area contributed by atoms with E-state index >= 15 is 0 Å². The minimum Gasteiger partial charge on any atom is -0.497 e. The Kier molecular flexibility index (Phi) is 6.41. The summed E-state index contributed by atoms with van der Waals surface area (Å²) >= 11 is 5.83. The Morgan fingerprint density at radius 1 is 1.20 bits per heavy atom. The molecule has 0 aromatic heterocycles. The number of nitrogens with one attached hydrogen (secondary N) is 1. The summed E-state index contributed by atoms with van der Waals surface area (Å²) < 4.78 is 30.2. The van der Waals surface area contributed by atoms with Gasteiger partial charge in [-0.25, -0.2) is 8.42 Å². The van der Waals surface area contributed by atoms with Gasteiger partial charge in [0.25, 0.3) is 0 Å². The smallest absolute Gasteiger partial charge is 0.239 e. The van der Waals surface area contributed by atoms with Crippen LogP contribution in [0, 0.1) is 0 Å². The summed E-state index contributed by atoms with van der Waals surface area (Å²) in [7, 11) is -2.03. The highest BCUT2D eigenvalue weighted by atomic mass is 35.5. The van der Waals surface area contributed by atoms with Gasteiger partial charge < -0.3 is 10.1 Å². The van der Waals surface area contributed by atoms with Crippen molar-refractivity contribution in [3.8, 4) is 5.75 Å². The predicted molar refractivity (Wildman–Crippen MR) is 98.3 cm³/mol. The Morgan fingerprint density at radius 3 is 2.48 bits per heavy atom. The number of amides is 1. The van der Waals surface area contributed by atoms with Crippen LogP contribution in [0.15, 0.2) is 48.5 Å². The summed E-state index contributed by atoms with van der Waals surface area (Å²) in [6, 6.07) is 13.6. The average molecular weight is 383 g/mol. The Morgan fingerprint density at radius 2 is 1.88 bits per heavy atom. The van der Waals surface area contributed by atoms with Crippen LogP contribution in [0.5, 0.6) is 5.75 Å². The lowest BCUT2D eigenvalue weighted by molar-refractivity contribution is -0.116. The van der Waals surface area contributed by atoms with E-state index in [0.717, 1.165) is 16.1 Å². The van der Waals surface area contributed by atoms with Gasteiger partial charge >= 0.3 is 0 Å². The van der Waals surface area contributed by atoms with Gasteiger partial charge in [-0.15, -0.1) is 0 Å². The molecule has 2 aromatic carbocycles. The summed E-state index contributed by atoms with van der Waals surface area (Å²) in [6.07, 6.45) is 1.07. The maximum Gasteiger partial charge on any atom is 0.239 e. The van der Waals surface area contributed by atoms with Crippen molar-refractivity contribution in [3.05, 3.63) is 59.1 Å². The number of anilines is 1. The van der Waals surface area contributed by atoms with Crippen LogP contribution in [0.3, 0.4) is 0 Å². The first-order valence-corrected chi connectivity index (χ1v) is 9.64. The monoisotopic (exact) mass is 382 g/mol. The van der Waals surface area contributed by atoms with Gasteiger partial charge in [0.05, 0.1) is 19.9 Å². The van der Waals surface area contributed by atoms with Crippen molar-refractivity contribution in [1.29, 1.82) is 0 Å². The number of benzene rings is 2. The van der Waals surface area contributed by atoms with Gasteiger partial charge in [0.2, 0.25) is 15.9 Å². The van der Waals surface area contributed by atoms with E-state index in [1.807, 2.05) is 0 Å². The topological polar surface area (TPSA) is 75.7 Å². The minimum absolute atomic E-state index is 0.0849. The molecule has 2 aromatic rings. The molecule has 2 rings (SSSR count). The summed E-state index contributed by atoms with van der Waals surface area (Å²) in [4.78, 5) is 12.2. The molecule has 6 nitrogen and oxygen atoms in total. The number of halogens is 1. The zero-order chi connectivity index (χ0) is 18.4. The van der Waals surface area contributed by atoms with Crippen molar-refractivity contribution in [1.82, 2.24) is 4.31 Å². The number of hydrogen-bond acceptors (Lipinski definition) is 4. The zero-order valence-electron chi connectivity index (χ0n) is 13.9. The van der Waals surface area contributed by atoms with Gasteiger partial charge in [0.15, 0.2) is 0 Å². The quantitative estimate of drug-likeness (QED) is 0.798. The molecule has 25 heavy (non-hydrogen) atoms. The number of carbonyl (C=O) groups is 1. The molecule has 0 aliphatic rings. The molecule has 0 heterocycles. The normalized spacial score (nSPS) is 11.4. The van der Waals surface area contributed by atoms with E-state index < -0.39 is 15.9 Å². The Hall–Kier alpha value is -2.09. The molecule has 0 aliphatic carbocycles. The summed E-state index contributed by atoms with van der Waals surface area (Å²) in [5.41, 5.74) is 1.27. The van der Waals surface area contributed by atoms with Gasteiger partial charge in [-0.1, -0.05) is 29.8 Å². The highest BCUT2D eigenvalue weighted by Crippen LogP contribution is 2.17. The third kappa shape index (κ3) is 6.04. The number of carbonyl (C=O) groups excluding carboxylic acids is 1. The fourth-order valence-corrected chi connectivity index (χ4v) is 3.01. The van der Waals surface area contributed by atoms with E-state index in [1.54, 1.807) is 48.5 Å². The molecule has 0 aliphatic heterocycles. The zero-order valence-corrected chi connectivity index (χ0v) is 15.5. The van der Waals surface area contributed by atoms with E-state index in [4.69, 9.17) is 16.3 Å². The minimum atomic E-state index is -3.56. The average Bonchev–Trinajstić information content (AvgIpc) is 2.55. The maximum atomic E-state index is 12.2. The molecule has 0 saturated carbocycles. The number of methoxy groups -OCH3 is 1.